The summed E-state index contributed by atoms with van der Waals surface area (Å²) in [4.78, 5) is 12.0. The molecule has 0 heterocycles. The van der Waals surface area contributed by atoms with Gasteiger partial charge in [-0.2, -0.15) is 0 Å². The highest BCUT2D eigenvalue weighted by molar-refractivity contribution is 5.73. The van der Waals surface area contributed by atoms with Gasteiger partial charge in [0.15, 0.2) is 0 Å². The Morgan fingerprint density at radius 2 is 1.81 bits per heavy atom. The van der Waals surface area contributed by atoms with Gasteiger partial charge in [-0.05, 0) is 36.8 Å². The Balaban J connectivity index is 2.82. The van der Waals surface area contributed by atoms with Crippen molar-refractivity contribution in [3.8, 4) is 0 Å². The molecule has 0 radical (unpaired) electrons. The van der Waals surface area contributed by atoms with Gasteiger partial charge in [0, 0.05) is 0 Å². The molecule has 1 N–H and O–H groups in total. The lowest BCUT2D eigenvalue weighted by Crippen LogP contribution is -2.24. The van der Waals surface area contributed by atoms with Crippen molar-refractivity contribution in [1.82, 2.24) is 0 Å². The normalized spacial score (nSPS) is 14.0. The van der Waals surface area contributed by atoms with E-state index < -0.39 is 12.0 Å². The minimum absolute atomic E-state index is 0.307. The van der Waals surface area contributed by atoms with E-state index >= 15 is 0 Å². The Kier molecular flexibility index (Phi) is 7.44. The van der Waals surface area contributed by atoms with Crippen molar-refractivity contribution >= 4 is 5.97 Å². The Bertz CT molecular complexity index is 423. The smallest absolute Gasteiger partial charge is 0.311 e. The summed E-state index contributed by atoms with van der Waals surface area (Å²) in [6.07, 6.45) is 1.70. The number of aliphatic hydroxyl groups excluding tert-OH is 1. The van der Waals surface area contributed by atoms with Gasteiger partial charge in [0.2, 0.25) is 0 Å². The molecule has 0 bridgehead atoms. The summed E-state index contributed by atoms with van der Waals surface area (Å²) in [5.41, 5.74) is 2.04. The van der Waals surface area contributed by atoms with Crippen LogP contribution in [0.3, 0.4) is 0 Å². The average molecular weight is 292 g/mol. The summed E-state index contributed by atoms with van der Waals surface area (Å²) in [7, 11) is 0. The second-order valence-corrected chi connectivity index (χ2v) is 5.93. The summed E-state index contributed by atoms with van der Waals surface area (Å²) in [5.74, 6) is -0.183. The fraction of sp³-hybridized carbons (Fsp3) is 0.611. The van der Waals surface area contributed by atoms with E-state index in [0.717, 1.165) is 18.4 Å². The van der Waals surface area contributed by atoms with Crippen molar-refractivity contribution in [3.05, 3.63) is 35.4 Å². The first-order valence-electron chi connectivity index (χ1n) is 7.93. The van der Waals surface area contributed by atoms with Crippen LogP contribution in [0.15, 0.2) is 24.3 Å². The minimum atomic E-state index is -0.794. The summed E-state index contributed by atoms with van der Waals surface area (Å²) in [6.45, 7) is 8.50. The van der Waals surface area contributed by atoms with Crippen LogP contribution < -0.4 is 0 Å². The van der Waals surface area contributed by atoms with Gasteiger partial charge in [-0.3, -0.25) is 4.79 Å². The second kappa shape index (κ2) is 8.83. The molecule has 0 aromatic heterocycles. The number of benzene rings is 1. The van der Waals surface area contributed by atoms with E-state index in [1.165, 1.54) is 5.56 Å². The summed E-state index contributed by atoms with van der Waals surface area (Å²) < 4.78 is 5.08. The van der Waals surface area contributed by atoms with Gasteiger partial charge in [-0.15, -0.1) is 0 Å². The lowest BCUT2D eigenvalue weighted by atomic mass is 9.91. The summed E-state index contributed by atoms with van der Waals surface area (Å²) >= 11 is 0. The molecule has 118 valence electrons. The van der Waals surface area contributed by atoms with Crippen LogP contribution in [0.25, 0.3) is 0 Å². The van der Waals surface area contributed by atoms with Crippen molar-refractivity contribution in [1.29, 1.82) is 0 Å². The SMILES string of the molecule is CCCC(C(=O)OCC)C(O)c1ccc(CC(C)C)cc1. The molecular formula is C18H28O3. The largest absolute Gasteiger partial charge is 0.466 e. The maximum Gasteiger partial charge on any atom is 0.311 e. The third kappa shape index (κ3) is 5.50. The van der Waals surface area contributed by atoms with Gasteiger partial charge in [0.25, 0.3) is 0 Å². The number of rotatable bonds is 8. The molecular weight excluding hydrogens is 264 g/mol. The lowest BCUT2D eigenvalue weighted by Gasteiger charge is -2.21. The van der Waals surface area contributed by atoms with Crippen LogP contribution >= 0.6 is 0 Å². The van der Waals surface area contributed by atoms with Gasteiger partial charge >= 0.3 is 5.97 Å². The molecule has 2 atom stereocenters. The van der Waals surface area contributed by atoms with E-state index in [1.54, 1.807) is 6.92 Å². The number of hydrogen-bond acceptors (Lipinski definition) is 3. The van der Waals surface area contributed by atoms with Crippen molar-refractivity contribution < 1.29 is 14.6 Å². The number of carbonyl (C=O) groups excluding carboxylic acids is 1. The maximum atomic E-state index is 12.0. The van der Waals surface area contributed by atoms with E-state index in [1.807, 2.05) is 31.2 Å². The molecule has 0 amide bonds. The van der Waals surface area contributed by atoms with Crippen molar-refractivity contribution in [2.75, 3.05) is 6.61 Å². The predicted octanol–water partition coefficient (Wildman–Crippen LogP) is 3.90. The Morgan fingerprint density at radius 1 is 1.19 bits per heavy atom. The van der Waals surface area contributed by atoms with E-state index in [-0.39, 0.29) is 5.97 Å². The van der Waals surface area contributed by atoms with Crippen molar-refractivity contribution in [2.45, 2.75) is 53.1 Å². The van der Waals surface area contributed by atoms with Gasteiger partial charge in [0.05, 0.1) is 18.6 Å². The van der Waals surface area contributed by atoms with Gasteiger partial charge < -0.3 is 9.84 Å². The molecule has 21 heavy (non-hydrogen) atoms. The number of hydrogen-bond donors (Lipinski definition) is 1. The quantitative estimate of drug-likeness (QED) is 0.739. The molecule has 0 saturated carbocycles. The minimum Gasteiger partial charge on any atom is -0.466 e. The molecule has 0 fully saturated rings. The molecule has 1 aromatic carbocycles. The molecule has 0 saturated heterocycles. The summed E-state index contributed by atoms with van der Waals surface area (Å²) in [6, 6.07) is 7.91. The fourth-order valence-electron chi connectivity index (χ4n) is 2.52. The molecule has 0 aliphatic carbocycles. The summed E-state index contributed by atoms with van der Waals surface area (Å²) in [5, 5.41) is 10.5. The Labute approximate surface area is 128 Å². The van der Waals surface area contributed by atoms with E-state index in [9.17, 15) is 9.90 Å². The molecule has 3 nitrogen and oxygen atoms in total. The van der Waals surface area contributed by atoms with Crippen LogP contribution in [-0.4, -0.2) is 17.7 Å². The van der Waals surface area contributed by atoms with Gasteiger partial charge in [0.1, 0.15) is 0 Å². The number of carbonyl (C=O) groups is 1. The second-order valence-electron chi connectivity index (χ2n) is 5.93. The lowest BCUT2D eigenvalue weighted by molar-refractivity contribution is -0.152. The zero-order chi connectivity index (χ0) is 15.8. The molecule has 3 heteroatoms. The van der Waals surface area contributed by atoms with Crippen LogP contribution in [0.2, 0.25) is 0 Å². The number of aliphatic hydroxyl groups is 1. The molecule has 1 rings (SSSR count). The van der Waals surface area contributed by atoms with E-state index in [2.05, 4.69) is 13.8 Å². The Hall–Kier alpha value is -1.35. The molecule has 0 spiro atoms. The topological polar surface area (TPSA) is 46.5 Å². The highest BCUT2D eigenvalue weighted by atomic mass is 16.5. The highest BCUT2D eigenvalue weighted by Crippen LogP contribution is 2.27. The Morgan fingerprint density at radius 3 is 2.29 bits per heavy atom. The van der Waals surface area contributed by atoms with Crippen molar-refractivity contribution in [2.24, 2.45) is 11.8 Å². The first-order chi connectivity index (χ1) is 9.99. The zero-order valence-corrected chi connectivity index (χ0v) is 13.6. The monoisotopic (exact) mass is 292 g/mol. The molecule has 0 aliphatic heterocycles. The average Bonchev–Trinajstić information content (AvgIpc) is 2.44. The zero-order valence-electron chi connectivity index (χ0n) is 13.6. The van der Waals surface area contributed by atoms with Gasteiger partial charge in [-0.25, -0.2) is 0 Å². The van der Waals surface area contributed by atoms with Crippen LogP contribution in [0.4, 0.5) is 0 Å². The molecule has 0 aliphatic rings. The fourth-order valence-corrected chi connectivity index (χ4v) is 2.52. The first kappa shape index (κ1) is 17.7. The van der Waals surface area contributed by atoms with Crippen LogP contribution in [-0.2, 0) is 16.0 Å². The number of esters is 1. The molecule has 1 aromatic rings. The number of ether oxygens (including phenoxy) is 1. The van der Waals surface area contributed by atoms with Crippen LogP contribution in [0.5, 0.6) is 0 Å². The van der Waals surface area contributed by atoms with E-state index in [0.29, 0.717) is 18.9 Å². The first-order valence-corrected chi connectivity index (χ1v) is 7.93. The molecule has 2 unspecified atom stereocenters. The van der Waals surface area contributed by atoms with Crippen LogP contribution in [0, 0.1) is 11.8 Å². The van der Waals surface area contributed by atoms with Gasteiger partial charge in [-0.1, -0.05) is 51.5 Å². The maximum absolute atomic E-state index is 12.0. The van der Waals surface area contributed by atoms with E-state index in [4.69, 9.17) is 4.74 Å². The third-order valence-electron chi connectivity index (χ3n) is 3.54. The predicted molar refractivity (Wildman–Crippen MR) is 85.0 cm³/mol. The standard InChI is InChI=1S/C18H28O3/c1-5-7-16(18(20)21-6-2)17(19)15-10-8-14(9-11-15)12-13(3)4/h8-11,13,16-17,19H,5-7,12H2,1-4H3. The highest BCUT2D eigenvalue weighted by Gasteiger charge is 2.28. The van der Waals surface area contributed by atoms with Crippen molar-refractivity contribution in [3.63, 3.8) is 0 Å². The third-order valence-corrected chi connectivity index (χ3v) is 3.54. The van der Waals surface area contributed by atoms with Crippen LogP contribution in [0.1, 0.15) is 57.8 Å².